The van der Waals surface area contributed by atoms with Crippen LogP contribution in [-0.2, 0) is 11.3 Å². The van der Waals surface area contributed by atoms with Crippen molar-refractivity contribution in [2.45, 2.75) is 64.1 Å². The molecule has 0 spiro atoms. The first-order valence-electron chi connectivity index (χ1n) is 8.90. The second kappa shape index (κ2) is 7.43. The molecule has 2 aliphatic carbocycles. The van der Waals surface area contributed by atoms with Crippen molar-refractivity contribution in [3.05, 3.63) is 35.6 Å². The van der Waals surface area contributed by atoms with E-state index in [9.17, 15) is 9.18 Å². The maximum absolute atomic E-state index is 13.9. The largest absolute Gasteiger partial charge is 0.352 e. The van der Waals surface area contributed by atoms with Crippen molar-refractivity contribution in [1.29, 1.82) is 0 Å². The van der Waals surface area contributed by atoms with E-state index < -0.39 is 0 Å². The van der Waals surface area contributed by atoms with Gasteiger partial charge in [-0.25, -0.2) is 4.39 Å². The van der Waals surface area contributed by atoms with Crippen molar-refractivity contribution in [1.82, 2.24) is 10.2 Å². The van der Waals surface area contributed by atoms with Crippen molar-refractivity contribution in [2.24, 2.45) is 5.92 Å². The van der Waals surface area contributed by atoms with Crippen molar-refractivity contribution in [3.8, 4) is 0 Å². The topological polar surface area (TPSA) is 32.3 Å². The molecule has 0 unspecified atom stereocenters. The maximum atomic E-state index is 13.9. The first-order valence-corrected chi connectivity index (χ1v) is 8.90. The average molecular weight is 318 g/mol. The molecule has 1 aromatic carbocycles. The van der Waals surface area contributed by atoms with E-state index in [4.69, 9.17) is 0 Å². The summed E-state index contributed by atoms with van der Waals surface area (Å²) >= 11 is 0. The van der Waals surface area contributed by atoms with Gasteiger partial charge in [0.05, 0.1) is 6.54 Å². The standard InChI is InChI=1S/C19H27FN2O/c1-14-6-2-5-9-18(14)21-19(23)13-22(16-10-11-16)12-15-7-3-4-8-17(15)20/h3-4,7-8,14,16,18H,2,5-6,9-13H2,1H3,(H,21,23)/t14-,18+/m0/s1. The summed E-state index contributed by atoms with van der Waals surface area (Å²) < 4.78 is 13.9. The minimum Gasteiger partial charge on any atom is -0.352 e. The minimum atomic E-state index is -0.181. The number of rotatable bonds is 6. The van der Waals surface area contributed by atoms with Gasteiger partial charge >= 0.3 is 0 Å². The summed E-state index contributed by atoms with van der Waals surface area (Å²) in [5.41, 5.74) is 0.679. The molecule has 0 heterocycles. The van der Waals surface area contributed by atoms with Crippen molar-refractivity contribution in [3.63, 3.8) is 0 Å². The van der Waals surface area contributed by atoms with Gasteiger partial charge in [0, 0.05) is 24.2 Å². The summed E-state index contributed by atoms with van der Waals surface area (Å²) in [4.78, 5) is 14.6. The van der Waals surface area contributed by atoms with Crippen LogP contribution in [0.2, 0.25) is 0 Å². The van der Waals surface area contributed by atoms with Crippen molar-refractivity contribution >= 4 is 5.91 Å². The predicted octanol–water partition coefficient (Wildman–Crippen LogP) is 3.49. The van der Waals surface area contributed by atoms with Crippen LogP contribution in [-0.4, -0.2) is 29.4 Å². The summed E-state index contributed by atoms with van der Waals surface area (Å²) in [5, 5.41) is 3.21. The predicted molar refractivity (Wildman–Crippen MR) is 89.4 cm³/mol. The zero-order valence-electron chi connectivity index (χ0n) is 13.9. The Hall–Kier alpha value is -1.42. The number of hydrogen-bond acceptors (Lipinski definition) is 2. The highest BCUT2D eigenvalue weighted by Gasteiger charge is 2.31. The molecular weight excluding hydrogens is 291 g/mol. The molecule has 1 aromatic rings. The normalized spacial score (nSPS) is 24.7. The summed E-state index contributed by atoms with van der Waals surface area (Å²) in [6.07, 6.45) is 6.99. The Labute approximate surface area is 138 Å². The molecule has 1 N–H and O–H groups in total. The Morgan fingerprint density at radius 3 is 2.65 bits per heavy atom. The molecule has 0 aromatic heterocycles. The van der Waals surface area contributed by atoms with E-state index >= 15 is 0 Å². The zero-order valence-corrected chi connectivity index (χ0v) is 13.9. The third-order valence-corrected chi connectivity index (χ3v) is 5.20. The monoisotopic (exact) mass is 318 g/mol. The Morgan fingerprint density at radius 2 is 1.96 bits per heavy atom. The quantitative estimate of drug-likeness (QED) is 0.871. The Morgan fingerprint density at radius 1 is 1.22 bits per heavy atom. The minimum absolute atomic E-state index is 0.0898. The maximum Gasteiger partial charge on any atom is 0.234 e. The van der Waals surface area contributed by atoms with Gasteiger partial charge in [-0.1, -0.05) is 38.0 Å². The fourth-order valence-corrected chi connectivity index (χ4v) is 3.57. The van der Waals surface area contributed by atoms with Crippen molar-refractivity contribution < 1.29 is 9.18 Å². The van der Waals surface area contributed by atoms with Crippen LogP contribution in [0.1, 0.15) is 51.0 Å². The van der Waals surface area contributed by atoms with E-state index in [1.165, 1.54) is 25.3 Å². The molecule has 0 bridgehead atoms. The van der Waals surface area contributed by atoms with Crippen molar-refractivity contribution in [2.75, 3.05) is 6.54 Å². The van der Waals surface area contributed by atoms with E-state index in [2.05, 4.69) is 17.1 Å². The first kappa shape index (κ1) is 16.4. The molecule has 2 aliphatic rings. The number of nitrogens with zero attached hydrogens (tertiary/aromatic N) is 1. The van der Waals surface area contributed by atoms with E-state index in [1.807, 2.05) is 12.1 Å². The highest BCUT2D eigenvalue weighted by molar-refractivity contribution is 5.78. The molecule has 2 fully saturated rings. The highest BCUT2D eigenvalue weighted by Crippen LogP contribution is 2.29. The Bertz CT molecular complexity index is 544. The van der Waals surface area contributed by atoms with Gasteiger partial charge in [-0.15, -0.1) is 0 Å². The molecule has 0 radical (unpaired) electrons. The zero-order chi connectivity index (χ0) is 16.2. The number of carbonyl (C=O) groups is 1. The van der Waals surface area contributed by atoms with Gasteiger partial charge in [-0.3, -0.25) is 9.69 Å². The molecule has 0 saturated heterocycles. The number of benzene rings is 1. The number of nitrogens with one attached hydrogen (secondary N) is 1. The highest BCUT2D eigenvalue weighted by atomic mass is 19.1. The van der Waals surface area contributed by atoms with Gasteiger partial charge in [-0.05, 0) is 37.7 Å². The summed E-state index contributed by atoms with van der Waals surface area (Å²) in [7, 11) is 0. The lowest BCUT2D eigenvalue weighted by atomic mass is 9.86. The average Bonchev–Trinajstić information content (AvgIpc) is 3.36. The van der Waals surface area contributed by atoms with E-state index in [-0.39, 0.29) is 11.7 Å². The van der Waals surface area contributed by atoms with Gasteiger partial charge in [-0.2, -0.15) is 0 Å². The molecule has 23 heavy (non-hydrogen) atoms. The number of amides is 1. The van der Waals surface area contributed by atoms with E-state index in [1.54, 1.807) is 6.07 Å². The summed E-state index contributed by atoms with van der Waals surface area (Å²) in [6.45, 7) is 3.12. The van der Waals surface area contributed by atoms with Crippen LogP contribution in [0.5, 0.6) is 0 Å². The summed E-state index contributed by atoms with van der Waals surface area (Å²) in [6, 6.07) is 7.61. The van der Waals surface area contributed by atoms with E-state index in [0.717, 1.165) is 19.3 Å². The molecule has 4 heteroatoms. The Balaban J connectivity index is 1.57. The number of hydrogen-bond donors (Lipinski definition) is 1. The lowest BCUT2D eigenvalue weighted by molar-refractivity contribution is -0.123. The fraction of sp³-hybridized carbons (Fsp3) is 0.632. The molecule has 2 atom stereocenters. The van der Waals surface area contributed by atoms with Crippen LogP contribution in [0, 0.1) is 11.7 Å². The third-order valence-electron chi connectivity index (χ3n) is 5.20. The molecule has 3 nitrogen and oxygen atoms in total. The number of carbonyl (C=O) groups excluding carboxylic acids is 1. The molecule has 0 aliphatic heterocycles. The molecular formula is C19H27FN2O. The van der Waals surface area contributed by atoms with Gasteiger partial charge in [0.1, 0.15) is 5.82 Å². The molecule has 1 amide bonds. The second-order valence-corrected chi connectivity index (χ2v) is 7.16. The lowest BCUT2D eigenvalue weighted by Crippen LogP contribution is -2.46. The SMILES string of the molecule is C[C@H]1CCCC[C@H]1NC(=O)CN(Cc1ccccc1F)C1CC1. The van der Waals surface area contributed by atoms with E-state index in [0.29, 0.717) is 36.7 Å². The van der Waals surface area contributed by atoms with Crippen LogP contribution >= 0.6 is 0 Å². The molecule has 3 rings (SSSR count). The van der Waals surface area contributed by atoms with Gasteiger partial charge < -0.3 is 5.32 Å². The Kier molecular flexibility index (Phi) is 5.31. The first-order chi connectivity index (χ1) is 11.1. The molecule has 2 saturated carbocycles. The molecule has 126 valence electrons. The van der Waals surface area contributed by atoms with Crippen LogP contribution in [0.25, 0.3) is 0 Å². The van der Waals surface area contributed by atoms with Gasteiger partial charge in [0.2, 0.25) is 5.91 Å². The fourth-order valence-electron chi connectivity index (χ4n) is 3.57. The van der Waals surface area contributed by atoms with Crippen LogP contribution < -0.4 is 5.32 Å². The van der Waals surface area contributed by atoms with Crippen LogP contribution in [0.4, 0.5) is 4.39 Å². The lowest BCUT2D eigenvalue weighted by Gasteiger charge is -2.30. The second-order valence-electron chi connectivity index (χ2n) is 7.16. The van der Waals surface area contributed by atoms with Gasteiger partial charge in [0.15, 0.2) is 0 Å². The number of halogens is 1. The third kappa shape index (κ3) is 4.54. The summed E-state index contributed by atoms with van der Waals surface area (Å²) in [5.74, 6) is 0.472. The van der Waals surface area contributed by atoms with Gasteiger partial charge in [0.25, 0.3) is 0 Å². The smallest absolute Gasteiger partial charge is 0.234 e. The van der Waals surface area contributed by atoms with Crippen LogP contribution in [0.3, 0.4) is 0 Å². The van der Waals surface area contributed by atoms with Crippen LogP contribution in [0.15, 0.2) is 24.3 Å².